The van der Waals surface area contributed by atoms with E-state index in [2.05, 4.69) is 17.0 Å². The number of ketones is 1. The van der Waals surface area contributed by atoms with E-state index in [4.69, 9.17) is 31.5 Å². The van der Waals surface area contributed by atoms with Crippen LogP contribution < -0.4 is 19.9 Å². The van der Waals surface area contributed by atoms with Gasteiger partial charge < -0.3 is 24.8 Å². The highest BCUT2D eigenvalue weighted by Gasteiger charge is 2.22. The van der Waals surface area contributed by atoms with E-state index in [9.17, 15) is 4.79 Å². The lowest BCUT2D eigenvalue weighted by atomic mass is 9.90. The topological polar surface area (TPSA) is 74.0 Å². The maximum Gasteiger partial charge on any atom is 0.137 e. The molecular weight excluding hydrogens is 475 g/mol. The Hall–Kier alpha value is -2.15. The average Bonchev–Trinajstić information content (AvgIpc) is 2.82. The number of hydrogen-bond donors (Lipinski definition) is 1. The standard InChI is InChI=1S/C26H35ClN2O4.ClH/c1-31-22-12-19(13-23(16-22)32-2)5-4-8-29-9-6-18(7-10-29)11-21(30)14-20-15-24(27)25(28)17-26(20)33-3;/h12-13,15-18H,4-11,14,28H2,1-3H3;1H. The zero-order valence-electron chi connectivity index (χ0n) is 20.3. The number of rotatable bonds is 11. The molecule has 0 unspecified atom stereocenters. The third kappa shape index (κ3) is 7.97. The molecule has 8 heteroatoms. The summed E-state index contributed by atoms with van der Waals surface area (Å²) < 4.78 is 16.1. The molecule has 2 aromatic rings. The molecule has 0 aliphatic carbocycles. The lowest BCUT2D eigenvalue weighted by Gasteiger charge is -2.31. The van der Waals surface area contributed by atoms with Gasteiger partial charge in [-0.3, -0.25) is 4.79 Å². The first-order valence-electron chi connectivity index (χ1n) is 11.5. The van der Waals surface area contributed by atoms with E-state index >= 15 is 0 Å². The zero-order chi connectivity index (χ0) is 23.8. The summed E-state index contributed by atoms with van der Waals surface area (Å²) in [6, 6.07) is 9.47. The van der Waals surface area contributed by atoms with Crippen molar-refractivity contribution < 1.29 is 19.0 Å². The molecule has 1 aliphatic heterocycles. The normalized spacial score (nSPS) is 14.4. The molecule has 3 rings (SSSR count). The number of carbonyl (C=O) groups is 1. The lowest BCUT2D eigenvalue weighted by Crippen LogP contribution is -2.35. The minimum absolute atomic E-state index is 0. The first-order valence-corrected chi connectivity index (χ1v) is 11.9. The van der Waals surface area contributed by atoms with E-state index in [1.165, 1.54) is 5.56 Å². The van der Waals surface area contributed by atoms with Gasteiger partial charge in [0.15, 0.2) is 0 Å². The number of carbonyl (C=O) groups excluding carboxylic acids is 1. The maximum atomic E-state index is 12.7. The highest BCUT2D eigenvalue weighted by atomic mass is 35.5. The molecule has 0 saturated carbocycles. The maximum absolute atomic E-state index is 12.7. The number of ether oxygens (including phenoxy) is 3. The molecule has 0 bridgehead atoms. The number of methoxy groups -OCH3 is 3. The number of hydrogen-bond acceptors (Lipinski definition) is 6. The smallest absolute Gasteiger partial charge is 0.137 e. The largest absolute Gasteiger partial charge is 0.497 e. The first kappa shape index (κ1) is 28.1. The van der Waals surface area contributed by atoms with Crippen molar-refractivity contribution in [2.45, 2.75) is 38.5 Å². The zero-order valence-corrected chi connectivity index (χ0v) is 21.8. The summed E-state index contributed by atoms with van der Waals surface area (Å²) in [5.41, 5.74) is 8.33. The Morgan fingerprint density at radius 3 is 2.26 bits per heavy atom. The third-order valence-corrected chi connectivity index (χ3v) is 6.69. The molecule has 0 atom stereocenters. The molecule has 2 aromatic carbocycles. The number of nitrogen functional groups attached to an aromatic ring is 1. The SMILES string of the molecule is COc1cc(CCCN2CCC(CC(=O)Cc3cc(Cl)c(N)cc3OC)CC2)cc(OC)c1.Cl. The van der Waals surface area contributed by atoms with Crippen LogP contribution in [0.3, 0.4) is 0 Å². The average molecular weight is 511 g/mol. The van der Waals surface area contributed by atoms with Crippen LogP contribution in [0.5, 0.6) is 17.2 Å². The molecular formula is C26H36Cl2N2O4. The Labute approximate surface area is 214 Å². The van der Waals surface area contributed by atoms with Crippen LogP contribution in [0.15, 0.2) is 30.3 Å². The number of halogens is 2. The monoisotopic (exact) mass is 510 g/mol. The van der Waals surface area contributed by atoms with E-state index in [0.29, 0.717) is 35.2 Å². The fraction of sp³-hybridized carbons (Fsp3) is 0.500. The molecule has 2 N–H and O–H groups in total. The van der Waals surface area contributed by atoms with Gasteiger partial charge in [-0.15, -0.1) is 12.4 Å². The van der Waals surface area contributed by atoms with Crippen LogP contribution in [0.1, 0.15) is 36.8 Å². The van der Waals surface area contributed by atoms with Crippen molar-refractivity contribution in [3.8, 4) is 17.2 Å². The third-order valence-electron chi connectivity index (χ3n) is 6.36. The predicted octanol–water partition coefficient (Wildman–Crippen LogP) is 5.22. The number of benzene rings is 2. The minimum atomic E-state index is 0. The highest BCUT2D eigenvalue weighted by Crippen LogP contribution is 2.30. The van der Waals surface area contributed by atoms with Crippen LogP contribution in [0.4, 0.5) is 5.69 Å². The lowest BCUT2D eigenvalue weighted by molar-refractivity contribution is -0.119. The van der Waals surface area contributed by atoms with Crippen LogP contribution in [0.2, 0.25) is 5.02 Å². The van der Waals surface area contributed by atoms with Crippen LogP contribution in [-0.4, -0.2) is 51.6 Å². The van der Waals surface area contributed by atoms with Crippen molar-refractivity contribution in [3.05, 3.63) is 46.5 Å². The quantitative estimate of drug-likeness (QED) is 0.418. The van der Waals surface area contributed by atoms with Crippen LogP contribution in [0, 0.1) is 5.92 Å². The van der Waals surface area contributed by atoms with Crippen molar-refractivity contribution in [1.82, 2.24) is 4.90 Å². The summed E-state index contributed by atoms with van der Waals surface area (Å²) >= 11 is 6.14. The van der Waals surface area contributed by atoms with Gasteiger partial charge in [0.1, 0.15) is 23.0 Å². The van der Waals surface area contributed by atoms with E-state index in [0.717, 1.165) is 62.4 Å². The van der Waals surface area contributed by atoms with Gasteiger partial charge >= 0.3 is 0 Å². The van der Waals surface area contributed by atoms with E-state index in [1.54, 1.807) is 33.5 Å². The molecule has 0 radical (unpaired) electrons. The number of aryl methyl sites for hydroxylation is 1. The summed E-state index contributed by atoms with van der Waals surface area (Å²) in [5, 5.41) is 0.458. The Balaban J connectivity index is 0.00000408. The van der Waals surface area contributed by atoms with Crippen molar-refractivity contribution in [3.63, 3.8) is 0 Å². The number of anilines is 1. The molecule has 6 nitrogen and oxygen atoms in total. The molecule has 0 aromatic heterocycles. The van der Waals surface area contributed by atoms with Gasteiger partial charge in [0, 0.05) is 30.5 Å². The van der Waals surface area contributed by atoms with Gasteiger partial charge in [-0.1, -0.05) is 11.6 Å². The Morgan fingerprint density at radius 1 is 1.03 bits per heavy atom. The minimum Gasteiger partial charge on any atom is -0.497 e. The van der Waals surface area contributed by atoms with Gasteiger partial charge in [-0.05, 0) is 75.0 Å². The molecule has 1 fully saturated rings. The highest BCUT2D eigenvalue weighted by molar-refractivity contribution is 6.33. The predicted molar refractivity (Wildman–Crippen MR) is 140 cm³/mol. The Kier molecular flexibility index (Phi) is 11.3. The second kappa shape index (κ2) is 13.7. The van der Waals surface area contributed by atoms with Crippen LogP contribution in [0.25, 0.3) is 0 Å². The van der Waals surface area contributed by atoms with Gasteiger partial charge in [-0.2, -0.15) is 0 Å². The van der Waals surface area contributed by atoms with Crippen molar-refractivity contribution in [2.75, 3.05) is 46.7 Å². The summed E-state index contributed by atoms with van der Waals surface area (Å²) in [7, 11) is 4.93. The fourth-order valence-corrected chi connectivity index (χ4v) is 4.66. The Bertz CT molecular complexity index is 924. The summed E-state index contributed by atoms with van der Waals surface area (Å²) in [6.07, 6.45) is 5.10. The fourth-order valence-electron chi connectivity index (χ4n) is 4.48. The van der Waals surface area contributed by atoms with Gasteiger partial charge in [-0.25, -0.2) is 0 Å². The Morgan fingerprint density at radius 2 is 1.68 bits per heavy atom. The second-order valence-electron chi connectivity index (χ2n) is 8.71. The summed E-state index contributed by atoms with van der Waals surface area (Å²) in [5.74, 6) is 2.93. The molecule has 1 heterocycles. The number of piperidine rings is 1. The second-order valence-corrected chi connectivity index (χ2v) is 9.12. The molecule has 188 valence electrons. The van der Waals surface area contributed by atoms with Gasteiger partial charge in [0.2, 0.25) is 0 Å². The van der Waals surface area contributed by atoms with Gasteiger partial charge in [0.05, 0.1) is 32.0 Å². The van der Waals surface area contributed by atoms with Crippen molar-refractivity contribution in [2.24, 2.45) is 5.92 Å². The van der Waals surface area contributed by atoms with Gasteiger partial charge in [0.25, 0.3) is 0 Å². The molecule has 1 saturated heterocycles. The van der Waals surface area contributed by atoms with Crippen LogP contribution in [-0.2, 0) is 17.6 Å². The van der Waals surface area contributed by atoms with E-state index in [-0.39, 0.29) is 18.2 Å². The van der Waals surface area contributed by atoms with E-state index in [1.807, 2.05) is 6.07 Å². The summed E-state index contributed by atoms with van der Waals surface area (Å²) in [4.78, 5) is 15.2. The number of nitrogens with two attached hydrogens (primary N) is 1. The summed E-state index contributed by atoms with van der Waals surface area (Å²) in [6.45, 7) is 3.13. The number of likely N-dealkylation sites (tertiary alicyclic amines) is 1. The van der Waals surface area contributed by atoms with E-state index < -0.39 is 0 Å². The van der Waals surface area contributed by atoms with Crippen molar-refractivity contribution >= 4 is 35.5 Å². The van der Waals surface area contributed by atoms with Crippen LogP contribution >= 0.6 is 24.0 Å². The molecule has 34 heavy (non-hydrogen) atoms. The molecule has 0 spiro atoms. The number of Topliss-reactive ketones (excluding diaryl/α,β-unsaturated/α-hetero) is 1. The van der Waals surface area contributed by atoms with Crippen molar-refractivity contribution in [1.29, 1.82) is 0 Å². The molecule has 0 amide bonds. The molecule has 1 aliphatic rings. The number of nitrogens with zero attached hydrogens (tertiary/aromatic N) is 1. The first-order chi connectivity index (χ1) is 15.9.